The smallest absolute Gasteiger partial charge is 0.0499 e. The fourth-order valence-electron chi connectivity index (χ4n) is 3.60. The first-order chi connectivity index (χ1) is 8.78. The Kier molecular flexibility index (Phi) is 5.84. The van der Waals surface area contributed by atoms with Gasteiger partial charge in [0.25, 0.3) is 0 Å². The molecular formula is C15H29NOS. The van der Waals surface area contributed by atoms with Crippen molar-refractivity contribution in [2.24, 2.45) is 5.41 Å². The molecule has 0 aromatic carbocycles. The van der Waals surface area contributed by atoms with Crippen LogP contribution >= 0.6 is 11.8 Å². The van der Waals surface area contributed by atoms with Crippen LogP contribution in [0.1, 0.15) is 57.8 Å². The molecule has 2 N–H and O–H groups in total. The summed E-state index contributed by atoms with van der Waals surface area (Å²) in [4.78, 5) is 0. The molecule has 0 bridgehead atoms. The summed E-state index contributed by atoms with van der Waals surface area (Å²) < 4.78 is 0. The minimum Gasteiger partial charge on any atom is -0.396 e. The van der Waals surface area contributed by atoms with Crippen LogP contribution in [-0.4, -0.2) is 35.8 Å². The van der Waals surface area contributed by atoms with E-state index in [4.69, 9.17) is 0 Å². The lowest BCUT2D eigenvalue weighted by atomic mass is 9.74. The highest BCUT2D eigenvalue weighted by Crippen LogP contribution is 2.36. The zero-order chi connectivity index (χ0) is 12.8. The Labute approximate surface area is 116 Å². The van der Waals surface area contributed by atoms with Gasteiger partial charge in [0.2, 0.25) is 0 Å². The summed E-state index contributed by atoms with van der Waals surface area (Å²) in [6.45, 7) is 1.41. The molecule has 0 amide bonds. The molecule has 2 nitrogen and oxygen atoms in total. The van der Waals surface area contributed by atoms with Gasteiger partial charge >= 0.3 is 0 Å². The molecule has 3 heteroatoms. The fraction of sp³-hybridized carbons (Fsp3) is 1.00. The van der Waals surface area contributed by atoms with Crippen LogP contribution in [0.3, 0.4) is 0 Å². The summed E-state index contributed by atoms with van der Waals surface area (Å²) in [6, 6.07) is 0.696. The number of rotatable bonds is 5. The van der Waals surface area contributed by atoms with Gasteiger partial charge in [-0.2, -0.15) is 11.8 Å². The second-order valence-electron chi connectivity index (χ2n) is 6.32. The maximum Gasteiger partial charge on any atom is 0.0499 e. The van der Waals surface area contributed by atoms with E-state index in [-0.39, 0.29) is 5.41 Å². The van der Waals surface area contributed by atoms with Crippen LogP contribution in [0.5, 0.6) is 0 Å². The molecule has 0 aromatic heterocycles. The van der Waals surface area contributed by atoms with E-state index in [1.807, 2.05) is 11.8 Å². The normalized spacial score (nSPS) is 32.3. The van der Waals surface area contributed by atoms with Gasteiger partial charge in [0.05, 0.1) is 0 Å². The molecule has 2 unspecified atom stereocenters. The van der Waals surface area contributed by atoms with E-state index in [1.54, 1.807) is 0 Å². The minimum atomic E-state index is 0.199. The predicted octanol–water partition coefficient (Wildman–Crippen LogP) is 3.19. The topological polar surface area (TPSA) is 32.3 Å². The molecule has 0 heterocycles. The number of hydrogen-bond donors (Lipinski definition) is 2. The van der Waals surface area contributed by atoms with E-state index in [9.17, 15) is 5.11 Å². The summed E-state index contributed by atoms with van der Waals surface area (Å²) in [5.74, 6) is 0. The third-order valence-corrected chi connectivity index (χ3v) is 6.07. The van der Waals surface area contributed by atoms with Crippen molar-refractivity contribution in [1.29, 1.82) is 0 Å². The van der Waals surface area contributed by atoms with Crippen molar-refractivity contribution in [1.82, 2.24) is 5.32 Å². The average Bonchev–Trinajstić information content (AvgIpc) is 2.46. The van der Waals surface area contributed by atoms with Crippen molar-refractivity contribution in [2.45, 2.75) is 69.1 Å². The molecular weight excluding hydrogens is 242 g/mol. The number of aliphatic hydroxyl groups is 1. The Morgan fingerprint density at radius 1 is 1.17 bits per heavy atom. The number of nitrogens with one attached hydrogen (secondary N) is 1. The van der Waals surface area contributed by atoms with Crippen molar-refractivity contribution in [3.8, 4) is 0 Å². The zero-order valence-electron chi connectivity index (χ0n) is 11.8. The van der Waals surface area contributed by atoms with E-state index in [2.05, 4.69) is 11.6 Å². The van der Waals surface area contributed by atoms with Crippen LogP contribution in [0.2, 0.25) is 0 Å². The van der Waals surface area contributed by atoms with Gasteiger partial charge < -0.3 is 10.4 Å². The lowest BCUT2D eigenvalue weighted by Gasteiger charge is -2.38. The second kappa shape index (κ2) is 7.16. The maximum atomic E-state index is 9.73. The molecule has 0 radical (unpaired) electrons. The number of aliphatic hydroxyl groups excluding tert-OH is 1. The standard InChI is InChI=1S/C15H29NOS/c1-18-14-7-5-6-13(10-14)16-11-15(12-17)8-3-2-4-9-15/h13-14,16-17H,2-12H2,1H3. The Morgan fingerprint density at radius 3 is 2.61 bits per heavy atom. The predicted molar refractivity (Wildman–Crippen MR) is 80.2 cm³/mol. The molecule has 18 heavy (non-hydrogen) atoms. The first-order valence-electron chi connectivity index (χ1n) is 7.65. The largest absolute Gasteiger partial charge is 0.396 e. The molecule has 2 aliphatic rings. The Hall–Kier alpha value is 0.270. The third kappa shape index (κ3) is 3.88. The van der Waals surface area contributed by atoms with E-state index < -0.39 is 0 Å². The Morgan fingerprint density at radius 2 is 1.94 bits per heavy atom. The van der Waals surface area contributed by atoms with E-state index >= 15 is 0 Å². The molecule has 0 aliphatic heterocycles. The average molecular weight is 271 g/mol. The van der Waals surface area contributed by atoms with E-state index in [0.29, 0.717) is 12.6 Å². The molecule has 0 saturated heterocycles. The SMILES string of the molecule is CSC1CCCC(NCC2(CO)CCCCC2)C1. The Balaban J connectivity index is 1.78. The Bertz CT molecular complexity index is 241. The molecule has 106 valence electrons. The molecule has 2 fully saturated rings. The van der Waals surface area contributed by atoms with Crippen molar-refractivity contribution in [3.05, 3.63) is 0 Å². The van der Waals surface area contributed by atoms with E-state index in [0.717, 1.165) is 11.8 Å². The molecule has 0 spiro atoms. The first-order valence-corrected chi connectivity index (χ1v) is 8.94. The molecule has 2 aliphatic carbocycles. The lowest BCUT2D eigenvalue weighted by molar-refractivity contribution is 0.0767. The van der Waals surface area contributed by atoms with Crippen molar-refractivity contribution < 1.29 is 5.11 Å². The van der Waals surface area contributed by atoms with Crippen LogP contribution in [-0.2, 0) is 0 Å². The highest BCUT2D eigenvalue weighted by Gasteiger charge is 2.32. The van der Waals surface area contributed by atoms with Gasteiger partial charge in [0, 0.05) is 29.9 Å². The zero-order valence-corrected chi connectivity index (χ0v) is 12.6. The van der Waals surface area contributed by atoms with Crippen molar-refractivity contribution in [3.63, 3.8) is 0 Å². The summed E-state index contributed by atoms with van der Waals surface area (Å²) in [6.07, 6.45) is 14.1. The van der Waals surface area contributed by atoms with Gasteiger partial charge in [-0.05, 0) is 38.4 Å². The third-order valence-electron chi connectivity index (χ3n) is 4.97. The van der Waals surface area contributed by atoms with E-state index in [1.165, 1.54) is 57.8 Å². The van der Waals surface area contributed by atoms with Crippen LogP contribution < -0.4 is 5.32 Å². The minimum absolute atomic E-state index is 0.199. The van der Waals surface area contributed by atoms with Gasteiger partial charge in [-0.3, -0.25) is 0 Å². The quantitative estimate of drug-likeness (QED) is 0.805. The summed E-state index contributed by atoms with van der Waals surface area (Å²) >= 11 is 2.03. The fourth-order valence-corrected chi connectivity index (χ4v) is 4.42. The van der Waals surface area contributed by atoms with Crippen molar-refractivity contribution in [2.75, 3.05) is 19.4 Å². The monoisotopic (exact) mass is 271 g/mol. The molecule has 0 aromatic rings. The van der Waals surface area contributed by atoms with Crippen LogP contribution in [0, 0.1) is 5.41 Å². The van der Waals surface area contributed by atoms with Gasteiger partial charge in [-0.25, -0.2) is 0 Å². The van der Waals surface area contributed by atoms with Crippen LogP contribution in [0.15, 0.2) is 0 Å². The lowest BCUT2D eigenvalue weighted by Crippen LogP contribution is -2.44. The highest BCUT2D eigenvalue weighted by molar-refractivity contribution is 7.99. The van der Waals surface area contributed by atoms with Gasteiger partial charge in [0.1, 0.15) is 0 Å². The summed E-state index contributed by atoms with van der Waals surface area (Å²) in [7, 11) is 0. The van der Waals surface area contributed by atoms with Gasteiger partial charge in [0.15, 0.2) is 0 Å². The summed E-state index contributed by atoms with van der Waals surface area (Å²) in [5, 5.41) is 14.4. The number of hydrogen-bond acceptors (Lipinski definition) is 3. The van der Waals surface area contributed by atoms with Gasteiger partial charge in [-0.1, -0.05) is 25.7 Å². The second-order valence-corrected chi connectivity index (χ2v) is 7.46. The van der Waals surface area contributed by atoms with Crippen LogP contribution in [0.25, 0.3) is 0 Å². The summed E-state index contributed by atoms with van der Waals surface area (Å²) in [5.41, 5.74) is 0.199. The highest BCUT2D eigenvalue weighted by atomic mass is 32.2. The van der Waals surface area contributed by atoms with Crippen molar-refractivity contribution >= 4 is 11.8 Å². The molecule has 2 saturated carbocycles. The maximum absolute atomic E-state index is 9.73. The first kappa shape index (κ1) is 14.7. The van der Waals surface area contributed by atoms with Gasteiger partial charge in [-0.15, -0.1) is 0 Å². The molecule has 2 atom stereocenters. The molecule has 2 rings (SSSR count). The van der Waals surface area contributed by atoms with Crippen LogP contribution in [0.4, 0.5) is 0 Å². The number of thioether (sulfide) groups is 1.